The minimum atomic E-state index is 0.257. The van der Waals surface area contributed by atoms with Gasteiger partial charge in [0.1, 0.15) is 5.69 Å². The van der Waals surface area contributed by atoms with Crippen molar-refractivity contribution in [3.8, 4) is 22.5 Å². The Morgan fingerprint density at radius 2 is 2.05 bits per heavy atom. The number of nitrogen functional groups attached to an aromatic ring is 1. The zero-order chi connectivity index (χ0) is 14.1. The highest BCUT2D eigenvalue weighted by Gasteiger charge is 2.19. The Balaban J connectivity index is 2.21. The molecular formula is C15H12ClN3O. The van der Waals surface area contributed by atoms with Crippen molar-refractivity contribution in [2.24, 2.45) is 0 Å². The first-order chi connectivity index (χ1) is 9.66. The second-order valence-electron chi connectivity index (χ2n) is 4.44. The first-order valence-electron chi connectivity index (χ1n) is 6.10. The largest absolute Gasteiger partial charge is 0.367 e. The van der Waals surface area contributed by atoms with Gasteiger partial charge < -0.3 is 10.3 Å². The Kier molecular flexibility index (Phi) is 3.16. The second-order valence-corrected chi connectivity index (χ2v) is 4.88. The second kappa shape index (κ2) is 4.98. The van der Waals surface area contributed by atoms with Crippen LogP contribution in [0.1, 0.15) is 5.56 Å². The lowest BCUT2D eigenvalue weighted by Gasteiger charge is -2.05. The molecule has 0 aliphatic carbocycles. The molecule has 4 nitrogen and oxygen atoms in total. The summed E-state index contributed by atoms with van der Waals surface area (Å²) < 4.78 is 5.14. The molecule has 0 spiro atoms. The number of aryl methyl sites for hydroxylation is 1. The summed E-state index contributed by atoms with van der Waals surface area (Å²) in [5.74, 6) is 0.257. The van der Waals surface area contributed by atoms with Crippen LogP contribution in [-0.4, -0.2) is 10.1 Å². The first-order valence-corrected chi connectivity index (χ1v) is 6.47. The summed E-state index contributed by atoms with van der Waals surface area (Å²) in [5, 5.41) is 4.75. The van der Waals surface area contributed by atoms with E-state index in [-0.39, 0.29) is 5.88 Å². The molecule has 100 valence electrons. The molecule has 0 atom stereocenters. The Bertz CT molecular complexity index is 753. The van der Waals surface area contributed by atoms with Gasteiger partial charge in [-0.25, -0.2) is 0 Å². The quantitative estimate of drug-likeness (QED) is 0.774. The molecule has 0 unspecified atom stereocenters. The number of aromatic nitrogens is 2. The van der Waals surface area contributed by atoms with Gasteiger partial charge in [0, 0.05) is 16.8 Å². The van der Waals surface area contributed by atoms with Crippen LogP contribution < -0.4 is 5.73 Å². The van der Waals surface area contributed by atoms with Crippen molar-refractivity contribution in [2.45, 2.75) is 6.92 Å². The molecule has 0 fully saturated rings. The van der Waals surface area contributed by atoms with Crippen LogP contribution in [0.5, 0.6) is 0 Å². The summed E-state index contributed by atoms with van der Waals surface area (Å²) in [6, 6.07) is 11.2. The van der Waals surface area contributed by atoms with E-state index >= 15 is 0 Å². The fourth-order valence-electron chi connectivity index (χ4n) is 2.14. The first kappa shape index (κ1) is 12.7. The van der Waals surface area contributed by atoms with Gasteiger partial charge in [-0.3, -0.25) is 4.98 Å². The lowest BCUT2D eigenvalue weighted by atomic mass is 10.0. The van der Waals surface area contributed by atoms with Gasteiger partial charge in [-0.1, -0.05) is 28.9 Å². The van der Waals surface area contributed by atoms with Gasteiger partial charge in [0.05, 0.1) is 11.3 Å². The van der Waals surface area contributed by atoms with Gasteiger partial charge in [0.15, 0.2) is 0 Å². The van der Waals surface area contributed by atoms with Gasteiger partial charge in [0.2, 0.25) is 5.88 Å². The van der Waals surface area contributed by atoms with Crippen LogP contribution in [0, 0.1) is 6.92 Å². The normalized spacial score (nSPS) is 10.7. The van der Waals surface area contributed by atoms with Gasteiger partial charge in [0.25, 0.3) is 0 Å². The Morgan fingerprint density at radius 1 is 1.20 bits per heavy atom. The van der Waals surface area contributed by atoms with Crippen molar-refractivity contribution in [2.75, 3.05) is 5.73 Å². The number of hydrogen-bond acceptors (Lipinski definition) is 4. The van der Waals surface area contributed by atoms with E-state index in [0.29, 0.717) is 16.3 Å². The van der Waals surface area contributed by atoms with Crippen LogP contribution in [-0.2, 0) is 0 Å². The van der Waals surface area contributed by atoms with Gasteiger partial charge in [-0.05, 0) is 36.8 Å². The van der Waals surface area contributed by atoms with Crippen LogP contribution in [0.15, 0.2) is 47.1 Å². The van der Waals surface area contributed by atoms with Gasteiger partial charge in [-0.15, -0.1) is 0 Å². The molecule has 0 saturated heterocycles. The molecule has 0 radical (unpaired) electrons. The van der Waals surface area contributed by atoms with E-state index in [0.717, 1.165) is 16.8 Å². The summed E-state index contributed by atoms with van der Waals surface area (Å²) in [6.07, 6.45) is 1.71. The number of anilines is 1. The molecule has 1 aromatic carbocycles. The molecule has 3 aromatic rings. The minimum absolute atomic E-state index is 0.257. The highest BCUT2D eigenvalue weighted by Crippen LogP contribution is 2.36. The van der Waals surface area contributed by atoms with Crippen LogP contribution in [0.3, 0.4) is 0 Å². The van der Waals surface area contributed by atoms with Crippen molar-refractivity contribution in [1.82, 2.24) is 10.1 Å². The molecule has 5 heteroatoms. The molecule has 3 rings (SSSR count). The minimum Gasteiger partial charge on any atom is -0.367 e. The molecule has 0 aliphatic heterocycles. The van der Waals surface area contributed by atoms with Crippen molar-refractivity contribution < 1.29 is 4.52 Å². The Labute approximate surface area is 121 Å². The summed E-state index contributed by atoms with van der Waals surface area (Å²) in [7, 11) is 0. The number of nitrogens with two attached hydrogens (primary N) is 1. The van der Waals surface area contributed by atoms with E-state index in [1.54, 1.807) is 6.20 Å². The topological polar surface area (TPSA) is 64.9 Å². The summed E-state index contributed by atoms with van der Waals surface area (Å²) >= 11 is 5.99. The van der Waals surface area contributed by atoms with Crippen molar-refractivity contribution in [3.63, 3.8) is 0 Å². The van der Waals surface area contributed by atoms with E-state index in [9.17, 15) is 0 Å². The Morgan fingerprint density at radius 3 is 2.75 bits per heavy atom. The van der Waals surface area contributed by atoms with Crippen LogP contribution in [0.2, 0.25) is 5.02 Å². The summed E-state index contributed by atoms with van der Waals surface area (Å²) in [6.45, 7) is 1.97. The predicted octanol–water partition coefficient (Wildman–Crippen LogP) is 3.95. The summed E-state index contributed by atoms with van der Waals surface area (Å²) in [4.78, 5) is 4.31. The molecular weight excluding hydrogens is 274 g/mol. The zero-order valence-corrected chi connectivity index (χ0v) is 11.6. The maximum atomic E-state index is 5.99. The molecule has 2 N–H and O–H groups in total. The average Bonchev–Trinajstić information content (AvgIpc) is 2.81. The van der Waals surface area contributed by atoms with E-state index in [1.807, 2.05) is 43.3 Å². The van der Waals surface area contributed by atoms with Crippen molar-refractivity contribution >= 4 is 17.5 Å². The highest BCUT2D eigenvalue weighted by atomic mass is 35.5. The van der Waals surface area contributed by atoms with Crippen LogP contribution in [0.25, 0.3) is 22.5 Å². The zero-order valence-electron chi connectivity index (χ0n) is 10.8. The highest BCUT2D eigenvalue weighted by molar-refractivity contribution is 6.30. The lowest BCUT2D eigenvalue weighted by Crippen LogP contribution is -1.91. The molecule has 0 aliphatic rings. The van der Waals surface area contributed by atoms with Gasteiger partial charge in [-0.2, -0.15) is 0 Å². The molecule has 0 saturated carbocycles. The van der Waals surface area contributed by atoms with E-state index in [2.05, 4.69) is 10.1 Å². The fraction of sp³-hybridized carbons (Fsp3) is 0.0667. The van der Waals surface area contributed by atoms with Gasteiger partial charge >= 0.3 is 0 Å². The Hall–Kier alpha value is -2.33. The monoisotopic (exact) mass is 285 g/mol. The molecule has 2 aromatic heterocycles. The predicted molar refractivity (Wildman–Crippen MR) is 79.3 cm³/mol. The maximum Gasteiger partial charge on any atom is 0.232 e. The molecule has 20 heavy (non-hydrogen) atoms. The van der Waals surface area contributed by atoms with E-state index in [1.165, 1.54) is 0 Å². The summed E-state index contributed by atoms with van der Waals surface area (Å²) in [5.41, 5.74) is 9.94. The maximum absolute atomic E-state index is 5.99. The van der Waals surface area contributed by atoms with E-state index in [4.69, 9.17) is 21.9 Å². The average molecular weight is 286 g/mol. The SMILES string of the molecule is Cc1cc(Cl)ccc1-c1noc(N)c1-c1ccccn1. The van der Waals surface area contributed by atoms with Crippen LogP contribution >= 0.6 is 11.6 Å². The fourth-order valence-corrected chi connectivity index (χ4v) is 2.36. The third-order valence-corrected chi connectivity index (χ3v) is 3.32. The van der Waals surface area contributed by atoms with Crippen molar-refractivity contribution in [3.05, 3.63) is 53.2 Å². The molecule has 2 heterocycles. The van der Waals surface area contributed by atoms with Crippen molar-refractivity contribution in [1.29, 1.82) is 0 Å². The number of pyridine rings is 1. The lowest BCUT2D eigenvalue weighted by molar-refractivity contribution is 0.439. The number of benzene rings is 1. The number of rotatable bonds is 2. The number of hydrogen-bond donors (Lipinski definition) is 1. The molecule has 0 bridgehead atoms. The smallest absolute Gasteiger partial charge is 0.232 e. The third-order valence-electron chi connectivity index (χ3n) is 3.08. The number of halogens is 1. The number of nitrogens with zero attached hydrogens (tertiary/aromatic N) is 2. The molecule has 0 amide bonds. The third kappa shape index (κ3) is 2.14. The van der Waals surface area contributed by atoms with Crippen LogP contribution in [0.4, 0.5) is 5.88 Å². The van der Waals surface area contributed by atoms with E-state index < -0.39 is 0 Å². The standard InChI is InChI=1S/C15H12ClN3O/c1-9-8-10(16)5-6-11(9)14-13(15(17)20-19-14)12-4-2-3-7-18-12/h2-8H,17H2,1H3.